The third-order valence-electron chi connectivity index (χ3n) is 4.33. The molecular formula is C17H29NO2S. The van der Waals surface area contributed by atoms with Gasteiger partial charge in [0, 0.05) is 48.5 Å². The van der Waals surface area contributed by atoms with Crippen molar-refractivity contribution in [2.75, 3.05) is 26.4 Å². The van der Waals surface area contributed by atoms with E-state index in [0.29, 0.717) is 6.04 Å². The first kappa shape index (κ1) is 16.9. The predicted molar refractivity (Wildman–Crippen MR) is 89.3 cm³/mol. The molecule has 1 atom stereocenters. The molecule has 4 heteroatoms. The van der Waals surface area contributed by atoms with Crippen molar-refractivity contribution in [2.45, 2.75) is 58.1 Å². The Kier molecular flexibility index (Phi) is 6.68. The topological polar surface area (TPSA) is 30.5 Å². The van der Waals surface area contributed by atoms with Crippen LogP contribution in [0.1, 0.15) is 43.4 Å². The van der Waals surface area contributed by atoms with Crippen LogP contribution in [-0.4, -0.2) is 38.0 Å². The first-order chi connectivity index (χ1) is 10.2. The molecule has 3 nitrogen and oxygen atoms in total. The average Bonchev–Trinajstić information content (AvgIpc) is 2.96. The van der Waals surface area contributed by atoms with Crippen molar-refractivity contribution in [3.8, 4) is 0 Å². The maximum Gasteiger partial charge on any atom is 0.0881 e. The normalized spacial score (nSPS) is 19.6. The molecule has 1 N–H and O–H groups in total. The fraction of sp³-hybridized carbons (Fsp3) is 0.765. The fourth-order valence-corrected chi connectivity index (χ4v) is 4.21. The van der Waals surface area contributed by atoms with E-state index in [4.69, 9.17) is 9.47 Å². The van der Waals surface area contributed by atoms with Crippen molar-refractivity contribution in [1.82, 2.24) is 5.32 Å². The largest absolute Gasteiger partial charge is 0.381 e. The molecule has 2 heterocycles. The van der Waals surface area contributed by atoms with Gasteiger partial charge in [0.15, 0.2) is 0 Å². The summed E-state index contributed by atoms with van der Waals surface area (Å²) in [5, 5.41) is 3.68. The Morgan fingerprint density at radius 3 is 2.52 bits per heavy atom. The Labute approximate surface area is 133 Å². The number of likely N-dealkylation sites (N-methyl/N-ethyl adjacent to an activating group) is 1. The van der Waals surface area contributed by atoms with Gasteiger partial charge < -0.3 is 14.8 Å². The van der Waals surface area contributed by atoms with Gasteiger partial charge in [-0.15, -0.1) is 11.3 Å². The molecular weight excluding hydrogens is 282 g/mol. The minimum absolute atomic E-state index is 0.0701. The SMILES string of the molecule is CCNC(Cc1ccc(CC)s1)C1(OCC)CCOCC1. The Hall–Kier alpha value is -0.420. The number of nitrogens with one attached hydrogen (secondary N) is 1. The lowest BCUT2D eigenvalue weighted by molar-refractivity contribution is -0.126. The second-order valence-corrected chi connectivity index (χ2v) is 6.90. The highest BCUT2D eigenvalue weighted by Gasteiger charge is 2.40. The van der Waals surface area contributed by atoms with Gasteiger partial charge in [0.1, 0.15) is 0 Å². The monoisotopic (exact) mass is 311 g/mol. The van der Waals surface area contributed by atoms with Crippen molar-refractivity contribution < 1.29 is 9.47 Å². The summed E-state index contributed by atoms with van der Waals surface area (Å²) in [5.74, 6) is 0. The summed E-state index contributed by atoms with van der Waals surface area (Å²) in [6, 6.07) is 4.92. The van der Waals surface area contributed by atoms with Crippen LogP contribution in [0.2, 0.25) is 0 Å². The minimum Gasteiger partial charge on any atom is -0.381 e. The van der Waals surface area contributed by atoms with Gasteiger partial charge in [-0.2, -0.15) is 0 Å². The zero-order valence-electron chi connectivity index (χ0n) is 13.6. The minimum atomic E-state index is -0.0701. The van der Waals surface area contributed by atoms with E-state index in [0.717, 1.165) is 52.0 Å². The second-order valence-electron chi connectivity index (χ2n) is 5.65. The van der Waals surface area contributed by atoms with E-state index in [1.807, 2.05) is 11.3 Å². The Morgan fingerprint density at radius 1 is 1.24 bits per heavy atom. The van der Waals surface area contributed by atoms with E-state index in [1.54, 1.807) is 0 Å². The molecule has 0 spiro atoms. The Balaban J connectivity index is 2.14. The van der Waals surface area contributed by atoms with Crippen LogP contribution < -0.4 is 5.32 Å². The van der Waals surface area contributed by atoms with Gasteiger partial charge in [-0.25, -0.2) is 0 Å². The van der Waals surface area contributed by atoms with Crippen LogP contribution in [-0.2, 0) is 22.3 Å². The molecule has 1 aliphatic heterocycles. The number of hydrogen-bond acceptors (Lipinski definition) is 4. The van der Waals surface area contributed by atoms with Crippen LogP contribution in [0.5, 0.6) is 0 Å². The predicted octanol–water partition coefficient (Wildman–Crippen LogP) is 3.42. The molecule has 2 rings (SSSR count). The Bertz CT molecular complexity index is 407. The van der Waals surface area contributed by atoms with Crippen molar-refractivity contribution in [3.05, 3.63) is 21.9 Å². The number of aryl methyl sites for hydroxylation is 1. The summed E-state index contributed by atoms with van der Waals surface area (Å²) >= 11 is 1.94. The van der Waals surface area contributed by atoms with Gasteiger partial charge in [0.2, 0.25) is 0 Å². The Morgan fingerprint density at radius 2 is 1.95 bits per heavy atom. The molecule has 1 fully saturated rings. The first-order valence-corrected chi connectivity index (χ1v) is 9.08. The molecule has 0 saturated carbocycles. The lowest BCUT2D eigenvalue weighted by Gasteiger charge is -2.43. The van der Waals surface area contributed by atoms with Crippen LogP contribution in [0.4, 0.5) is 0 Å². The van der Waals surface area contributed by atoms with E-state index >= 15 is 0 Å². The van der Waals surface area contributed by atoms with E-state index in [9.17, 15) is 0 Å². The highest BCUT2D eigenvalue weighted by Crippen LogP contribution is 2.32. The van der Waals surface area contributed by atoms with Crippen molar-refractivity contribution in [2.24, 2.45) is 0 Å². The van der Waals surface area contributed by atoms with E-state index in [-0.39, 0.29) is 5.60 Å². The van der Waals surface area contributed by atoms with Crippen LogP contribution in [0.3, 0.4) is 0 Å². The first-order valence-electron chi connectivity index (χ1n) is 8.26. The van der Waals surface area contributed by atoms with Crippen molar-refractivity contribution >= 4 is 11.3 Å². The fourth-order valence-electron chi connectivity index (χ4n) is 3.21. The molecule has 0 amide bonds. The summed E-state index contributed by atoms with van der Waals surface area (Å²) in [7, 11) is 0. The van der Waals surface area contributed by atoms with Crippen LogP contribution in [0, 0.1) is 0 Å². The molecule has 0 aromatic carbocycles. The maximum absolute atomic E-state index is 6.25. The molecule has 0 bridgehead atoms. The quantitative estimate of drug-likeness (QED) is 0.798. The highest BCUT2D eigenvalue weighted by molar-refractivity contribution is 7.11. The second kappa shape index (κ2) is 8.28. The van der Waals surface area contributed by atoms with Crippen LogP contribution in [0.25, 0.3) is 0 Å². The highest BCUT2D eigenvalue weighted by atomic mass is 32.1. The summed E-state index contributed by atoms with van der Waals surface area (Å²) in [5.41, 5.74) is -0.0701. The van der Waals surface area contributed by atoms with Gasteiger partial charge in [0.05, 0.1) is 5.60 Å². The third-order valence-corrected chi connectivity index (χ3v) is 5.58. The van der Waals surface area contributed by atoms with E-state index in [2.05, 4.69) is 38.2 Å². The number of hydrogen-bond donors (Lipinski definition) is 1. The van der Waals surface area contributed by atoms with E-state index in [1.165, 1.54) is 9.75 Å². The molecule has 1 saturated heterocycles. The summed E-state index contributed by atoms with van der Waals surface area (Å²) in [4.78, 5) is 2.93. The molecule has 1 aliphatic rings. The number of thiophene rings is 1. The molecule has 21 heavy (non-hydrogen) atoms. The lowest BCUT2D eigenvalue weighted by Crippen LogP contribution is -2.56. The average molecular weight is 311 g/mol. The zero-order chi connectivity index (χ0) is 15.1. The van der Waals surface area contributed by atoms with Crippen LogP contribution in [0.15, 0.2) is 12.1 Å². The number of ether oxygens (including phenoxy) is 2. The lowest BCUT2D eigenvalue weighted by atomic mass is 9.83. The van der Waals surface area contributed by atoms with Gasteiger partial charge in [-0.05, 0) is 38.4 Å². The third kappa shape index (κ3) is 4.28. The van der Waals surface area contributed by atoms with Gasteiger partial charge in [0.25, 0.3) is 0 Å². The molecule has 1 unspecified atom stereocenters. The van der Waals surface area contributed by atoms with Crippen molar-refractivity contribution in [1.29, 1.82) is 0 Å². The zero-order valence-corrected chi connectivity index (χ0v) is 14.4. The van der Waals surface area contributed by atoms with Crippen LogP contribution >= 0.6 is 11.3 Å². The summed E-state index contributed by atoms with van der Waals surface area (Å²) in [6.07, 6.45) is 4.16. The van der Waals surface area contributed by atoms with Crippen molar-refractivity contribution in [3.63, 3.8) is 0 Å². The van der Waals surface area contributed by atoms with Gasteiger partial charge in [-0.1, -0.05) is 13.8 Å². The summed E-state index contributed by atoms with van der Waals surface area (Å²) < 4.78 is 11.8. The molecule has 1 aromatic rings. The standard InChI is InChI=1S/C17H29NO2S/c1-4-14-7-8-15(21-14)13-16(18-5-2)17(20-6-3)9-11-19-12-10-17/h7-8,16,18H,4-6,9-13H2,1-3H3. The molecule has 0 radical (unpaired) electrons. The summed E-state index contributed by atoms with van der Waals surface area (Å²) in [6.45, 7) is 9.87. The van der Waals surface area contributed by atoms with Gasteiger partial charge >= 0.3 is 0 Å². The number of rotatable bonds is 8. The van der Waals surface area contributed by atoms with Gasteiger partial charge in [-0.3, -0.25) is 0 Å². The molecule has 0 aliphatic carbocycles. The molecule has 1 aromatic heterocycles. The smallest absolute Gasteiger partial charge is 0.0881 e. The van der Waals surface area contributed by atoms with E-state index < -0.39 is 0 Å². The molecule has 120 valence electrons. The maximum atomic E-state index is 6.25.